The van der Waals surface area contributed by atoms with Crippen LogP contribution < -0.4 is 5.73 Å². The summed E-state index contributed by atoms with van der Waals surface area (Å²) in [6.07, 6.45) is 1.39. The number of thioether (sulfide) groups is 1. The lowest BCUT2D eigenvalue weighted by molar-refractivity contribution is -0.132. The highest BCUT2D eigenvalue weighted by molar-refractivity contribution is 8.00. The highest BCUT2D eigenvalue weighted by Crippen LogP contribution is 2.23. The molecule has 1 aliphatic rings. The van der Waals surface area contributed by atoms with Gasteiger partial charge in [0.15, 0.2) is 5.16 Å². The SMILES string of the molecule is CC(Sc1ncc(C#N)c(N)n1)C(=O)N1CCN(Cc2ccccc2)CC1. The van der Waals surface area contributed by atoms with E-state index in [0.29, 0.717) is 18.2 Å². The lowest BCUT2D eigenvalue weighted by Crippen LogP contribution is -2.50. The number of nitriles is 1. The second kappa shape index (κ2) is 8.84. The molecule has 1 fully saturated rings. The molecule has 1 aromatic carbocycles. The zero-order valence-electron chi connectivity index (χ0n) is 15.2. The van der Waals surface area contributed by atoms with Crippen molar-refractivity contribution in [3.8, 4) is 6.07 Å². The number of nitrogen functional groups attached to an aromatic ring is 1. The molecule has 0 radical (unpaired) electrons. The first-order valence-electron chi connectivity index (χ1n) is 8.81. The van der Waals surface area contributed by atoms with Gasteiger partial charge in [0.2, 0.25) is 5.91 Å². The molecular weight excluding hydrogens is 360 g/mol. The number of piperazine rings is 1. The molecule has 27 heavy (non-hydrogen) atoms. The molecule has 140 valence electrons. The molecule has 7 nitrogen and oxygen atoms in total. The van der Waals surface area contributed by atoms with Gasteiger partial charge in [0, 0.05) is 32.7 Å². The van der Waals surface area contributed by atoms with Crippen LogP contribution in [0.4, 0.5) is 5.82 Å². The van der Waals surface area contributed by atoms with Gasteiger partial charge in [0.05, 0.1) is 11.4 Å². The van der Waals surface area contributed by atoms with E-state index in [1.54, 1.807) is 0 Å². The lowest BCUT2D eigenvalue weighted by atomic mass is 10.2. The molecular formula is C19H22N6OS. The third kappa shape index (κ3) is 4.96. The summed E-state index contributed by atoms with van der Waals surface area (Å²) in [6, 6.07) is 12.3. The highest BCUT2D eigenvalue weighted by Gasteiger charge is 2.26. The Morgan fingerprint density at radius 2 is 2.00 bits per heavy atom. The Hall–Kier alpha value is -2.63. The topological polar surface area (TPSA) is 99.1 Å². The Labute approximate surface area is 163 Å². The van der Waals surface area contributed by atoms with Crippen molar-refractivity contribution in [2.75, 3.05) is 31.9 Å². The summed E-state index contributed by atoms with van der Waals surface area (Å²) < 4.78 is 0. The first-order valence-corrected chi connectivity index (χ1v) is 9.69. The summed E-state index contributed by atoms with van der Waals surface area (Å²) in [5.74, 6) is 0.218. The second-order valence-corrected chi connectivity index (χ2v) is 7.72. The minimum atomic E-state index is -0.307. The fraction of sp³-hybridized carbons (Fsp3) is 0.368. The number of amides is 1. The van der Waals surface area contributed by atoms with E-state index in [2.05, 4.69) is 27.0 Å². The number of hydrogen-bond acceptors (Lipinski definition) is 7. The van der Waals surface area contributed by atoms with E-state index < -0.39 is 0 Å². The number of nitrogens with two attached hydrogens (primary N) is 1. The van der Waals surface area contributed by atoms with Crippen LogP contribution in [0.25, 0.3) is 0 Å². The van der Waals surface area contributed by atoms with Crippen LogP contribution in [-0.2, 0) is 11.3 Å². The Morgan fingerprint density at radius 3 is 2.63 bits per heavy atom. The molecule has 2 aromatic rings. The van der Waals surface area contributed by atoms with Gasteiger partial charge in [-0.3, -0.25) is 9.69 Å². The number of carbonyl (C=O) groups excluding carboxylic acids is 1. The zero-order valence-corrected chi connectivity index (χ0v) is 16.0. The lowest BCUT2D eigenvalue weighted by Gasteiger charge is -2.35. The molecule has 1 unspecified atom stereocenters. The molecule has 1 aromatic heterocycles. The van der Waals surface area contributed by atoms with Gasteiger partial charge in [-0.25, -0.2) is 9.97 Å². The smallest absolute Gasteiger partial charge is 0.235 e. The standard InChI is InChI=1S/C19H22N6OS/c1-14(27-19-22-12-16(11-20)17(21)23-19)18(26)25-9-7-24(8-10-25)13-15-5-3-2-4-6-15/h2-6,12,14H,7-10,13H2,1H3,(H2,21,22,23). The largest absolute Gasteiger partial charge is 0.382 e. The molecule has 8 heteroatoms. The van der Waals surface area contributed by atoms with Crippen molar-refractivity contribution in [2.45, 2.75) is 23.9 Å². The number of hydrogen-bond donors (Lipinski definition) is 1. The molecule has 3 rings (SSSR count). The number of anilines is 1. The van der Waals surface area contributed by atoms with E-state index >= 15 is 0 Å². The molecule has 0 bridgehead atoms. The molecule has 2 N–H and O–H groups in total. The van der Waals surface area contributed by atoms with Crippen molar-refractivity contribution in [3.05, 3.63) is 47.7 Å². The number of aromatic nitrogens is 2. The Morgan fingerprint density at radius 1 is 1.30 bits per heavy atom. The molecule has 1 aliphatic heterocycles. The fourth-order valence-electron chi connectivity index (χ4n) is 2.95. The summed E-state index contributed by atoms with van der Waals surface area (Å²) in [5.41, 5.74) is 7.25. The number of benzene rings is 1. The third-order valence-corrected chi connectivity index (χ3v) is 5.44. The Bertz CT molecular complexity index is 830. The normalized spacial score (nSPS) is 15.9. The van der Waals surface area contributed by atoms with Crippen molar-refractivity contribution < 1.29 is 4.79 Å². The van der Waals surface area contributed by atoms with Gasteiger partial charge in [-0.2, -0.15) is 5.26 Å². The van der Waals surface area contributed by atoms with Crippen LogP contribution in [-0.4, -0.2) is 57.1 Å². The summed E-state index contributed by atoms with van der Waals surface area (Å²) in [6.45, 7) is 5.91. The second-order valence-electron chi connectivity index (χ2n) is 6.41. The van der Waals surface area contributed by atoms with Crippen LogP contribution in [0.15, 0.2) is 41.7 Å². The van der Waals surface area contributed by atoms with E-state index in [4.69, 9.17) is 11.0 Å². The number of rotatable bonds is 5. The van der Waals surface area contributed by atoms with Gasteiger partial charge in [0.1, 0.15) is 17.5 Å². The van der Waals surface area contributed by atoms with Crippen LogP contribution in [0, 0.1) is 11.3 Å². The van der Waals surface area contributed by atoms with E-state index in [1.807, 2.05) is 36.1 Å². The summed E-state index contributed by atoms with van der Waals surface area (Å²) in [5, 5.41) is 8.99. The van der Waals surface area contributed by atoms with E-state index in [9.17, 15) is 4.79 Å². The minimum Gasteiger partial charge on any atom is -0.382 e. The van der Waals surface area contributed by atoms with E-state index in [1.165, 1.54) is 23.5 Å². The first kappa shape index (κ1) is 19.1. The Balaban J connectivity index is 1.51. The molecule has 1 saturated heterocycles. The predicted octanol–water partition coefficient (Wildman–Crippen LogP) is 1.76. The van der Waals surface area contributed by atoms with Crippen LogP contribution in [0.5, 0.6) is 0 Å². The van der Waals surface area contributed by atoms with Crippen LogP contribution >= 0.6 is 11.8 Å². The maximum atomic E-state index is 12.7. The van der Waals surface area contributed by atoms with Crippen molar-refractivity contribution in [3.63, 3.8) is 0 Å². The van der Waals surface area contributed by atoms with Crippen molar-refractivity contribution in [2.24, 2.45) is 0 Å². The van der Waals surface area contributed by atoms with Gasteiger partial charge in [-0.15, -0.1) is 0 Å². The van der Waals surface area contributed by atoms with Gasteiger partial charge < -0.3 is 10.6 Å². The van der Waals surface area contributed by atoms with Gasteiger partial charge in [-0.1, -0.05) is 42.1 Å². The molecule has 0 spiro atoms. The van der Waals surface area contributed by atoms with Crippen molar-refractivity contribution >= 4 is 23.5 Å². The van der Waals surface area contributed by atoms with E-state index in [-0.39, 0.29) is 22.5 Å². The average Bonchev–Trinajstić information content (AvgIpc) is 2.69. The molecule has 0 aliphatic carbocycles. The summed E-state index contributed by atoms with van der Waals surface area (Å²) in [4.78, 5) is 25.2. The monoisotopic (exact) mass is 382 g/mol. The summed E-state index contributed by atoms with van der Waals surface area (Å²) >= 11 is 1.27. The number of carbonyl (C=O) groups is 1. The van der Waals surface area contributed by atoms with Crippen molar-refractivity contribution in [1.29, 1.82) is 5.26 Å². The third-order valence-electron chi connectivity index (χ3n) is 4.48. The molecule has 2 heterocycles. The zero-order chi connectivity index (χ0) is 19.2. The molecule has 0 saturated carbocycles. The summed E-state index contributed by atoms with van der Waals surface area (Å²) in [7, 11) is 0. The fourth-order valence-corrected chi connectivity index (χ4v) is 3.79. The molecule has 1 amide bonds. The number of nitrogens with zero attached hydrogens (tertiary/aromatic N) is 5. The Kier molecular flexibility index (Phi) is 6.27. The van der Waals surface area contributed by atoms with Crippen molar-refractivity contribution in [1.82, 2.24) is 19.8 Å². The van der Waals surface area contributed by atoms with E-state index in [0.717, 1.165) is 19.6 Å². The maximum Gasteiger partial charge on any atom is 0.235 e. The van der Waals surface area contributed by atoms with Crippen LogP contribution in [0.2, 0.25) is 0 Å². The van der Waals surface area contributed by atoms with Gasteiger partial charge in [-0.05, 0) is 12.5 Å². The van der Waals surface area contributed by atoms with Gasteiger partial charge in [0.25, 0.3) is 0 Å². The maximum absolute atomic E-state index is 12.7. The quantitative estimate of drug-likeness (QED) is 0.621. The first-order chi connectivity index (χ1) is 13.1. The average molecular weight is 382 g/mol. The minimum absolute atomic E-state index is 0.0749. The highest BCUT2D eigenvalue weighted by atomic mass is 32.2. The van der Waals surface area contributed by atoms with Crippen LogP contribution in [0.1, 0.15) is 18.1 Å². The molecule has 1 atom stereocenters. The van der Waals surface area contributed by atoms with Gasteiger partial charge >= 0.3 is 0 Å². The predicted molar refractivity (Wildman–Crippen MR) is 105 cm³/mol. The van der Waals surface area contributed by atoms with Crippen LogP contribution in [0.3, 0.4) is 0 Å².